The van der Waals surface area contributed by atoms with E-state index in [0.717, 1.165) is 0 Å². The van der Waals surface area contributed by atoms with Crippen LogP contribution in [0.4, 0.5) is 0 Å². The van der Waals surface area contributed by atoms with Crippen LogP contribution in [0, 0.1) is 49.4 Å². The van der Waals surface area contributed by atoms with Crippen LogP contribution in [0.3, 0.4) is 0 Å². The van der Waals surface area contributed by atoms with Crippen molar-refractivity contribution in [1.29, 1.82) is 0 Å². The smallest absolute Gasteiger partial charge is 0 e. The molecule has 0 nitrogen and oxygen atoms in total. The Balaban J connectivity index is 0. The van der Waals surface area contributed by atoms with Gasteiger partial charge < -0.3 is 0 Å². The summed E-state index contributed by atoms with van der Waals surface area (Å²) in [4.78, 5) is 0. The molecule has 0 amide bonds. The third-order valence-electron chi connectivity index (χ3n) is 0. The first-order chi connectivity index (χ1) is 1.41. The third-order valence-corrected chi connectivity index (χ3v) is 0. The molecule has 0 aliphatic carbocycles. The van der Waals surface area contributed by atoms with Crippen molar-refractivity contribution >= 4 is 0 Å². The summed E-state index contributed by atoms with van der Waals surface area (Å²) in [5.41, 5.74) is 0. The maximum Gasteiger partial charge on any atom is 0 e. The molecular formula is C3H6Eu. The summed E-state index contributed by atoms with van der Waals surface area (Å²) >= 11 is 0. The molecule has 0 saturated carbocycles. The van der Waals surface area contributed by atoms with Gasteiger partial charge in [-0.1, -0.05) is 6.08 Å². The van der Waals surface area contributed by atoms with Crippen LogP contribution in [0.25, 0.3) is 0 Å². The standard InChI is InChI=1S/C3H6.Eu/c1-3-2;/h3H,1H2,2H3;. The largest absolute Gasteiger partial charge is 0.103 e. The van der Waals surface area contributed by atoms with Gasteiger partial charge in [-0.15, -0.1) is 6.58 Å². The fourth-order valence-electron chi connectivity index (χ4n) is 0. The molecule has 0 rings (SSSR count). The molecule has 0 aromatic carbocycles. The van der Waals surface area contributed by atoms with Gasteiger partial charge in [-0.25, -0.2) is 0 Å². The minimum atomic E-state index is 0. The van der Waals surface area contributed by atoms with Gasteiger partial charge in [0.2, 0.25) is 0 Å². The van der Waals surface area contributed by atoms with Gasteiger partial charge in [0.25, 0.3) is 0 Å². The SMILES string of the molecule is C=CC.[Eu]. The molecule has 1 radical (unpaired) electrons. The first-order valence-corrected chi connectivity index (χ1v) is 0.986. The maximum atomic E-state index is 3.36. The molecule has 0 fully saturated rings. The normalized spacial score (nSPS) is 3.25. The van der Waals surface area contributed by atoms with E-state index in [2.05, 4.69) is 6.58 Å². The predicted molar refractivity (Wildman–Crippen MR) is 15.9 cm³/mol. The van der Waals surface area contributed by atoms with Crippen LogP contribution in [0.5, 0.6) is 0 Å². The molecule has 0 unspecified atom stereocenters. The van der Waals surface area contributed by atoms with Gasteiger partial charge in [-0.3, -0.25) is 0 Å². The molecule has 0 bridgehead atoms. The second-order valence-corrected chi connectivity index (χ2v) is 0.408. The summed E-state index contributed by atoms with van der Waals surface area (Å²) in [5.74, 6) is 0. The Hall–Kier alpha value is 1.32. The van der Waals surface area contributed by atoms with E-state index in [-0.39, 0.29) is 49.4 Å². The Labute approximate surface area is 67.8 Å². The minimum Gasteiger partial charge on any atom is -0.103 e. The van der Waals surface area contributed by atoms with Crippen molar-refractivity contribution in [2.45, 2.75) is 6.92 Å². The van der Waals surface area contributed by atoms with Gasteiger partial charge in [-0.2, -0.15) is 0 Å². The van der Waals surface area contributed by atoms with Gasteiger partial charge in [0.05, 0.1) is 0 Å². The Morgan fingerprint density at radius 1 is 1.75 bits per heavy atom. The van der Waals surface area contributed by atoms with Crippen LogP contribution in [-0.4, -0.2) is 0 Å². The summed E-state index contributed by atoms with van der Waals surface area (Å²) in [7, 11) is 0. The van der Waals surface area contributed by atoms with Crippen LogP contribution in [0.1, 0.15) is 6.92 Å². The van der Waals surface area contributed by atoms with E-state index in [9.17, 15) is 0 Å². The Morgan fingerprint density at radius 2 is 1.75 bits per heavy atom. The van der Waals surface area contributed by atoms with Crippen LogP contribution >= 0.6 is 0 Å². The summed E-state index contributed by atoms with van der Waals surface area (Å²) in [6, 6.07) is 0. The van der Waals surface area contributed by atoms with Crippen molar-refractivity contribution in [2.75, 3.05) is 0 Å². The fourth-order valence-corrected chi connectivity index (χ4v) is 0. The first kappa shape index (κ1) is 9.01. The van der Waals surface area contributed by atoms with Crippen molar-refractivity contribution in [3.8, 4) is 0 Å². The molecular weight excluding hydrogens is 188 g/mol. The molecule has 0 saturated heterocycles. The van der Waals surface area contributed by atoms with Gasteiger partial charge in [0.15, 0.2) is 0 Å². The predicted octanol–water partition coefficient (Wildman–Crippen LogP) is 1.19. The van der Waals surface area contributed by atoms with E-state index in [4.69, 9.17) is 0 Å². The first-order valence-electron chi connectivity index (χ1n) is 0.986. The second-order valence-electron chi connectivity index (χ2n) is 0.408. The van der Waals surface area contributed by atoms with Gasteiger partial charge in [-0.05, 0) is 6.92 Å². The number of hydrogen-bond acceptors (Lipinski definition) is 0. The third kappa shape index (κ3) is 10.2. The average Bonchev–Trinajstić information content (AvgIpc) is 0.918. The molecule has 0 aliphatic heterocycles. The number of hydrogen-bond donors (Lipinski definition) is 0. The Morgan fingerprint density at radius 3 is 1.75 bits per heavy atom. The summed E-state index contributed by atoms with van der Waals surface area (Å²) in [6.07, 6.45) is 1.75. The maximum absolute atomic E-state index is 3.36. The van der Waals surface area contributed by atoms with E-state index in [1.165, 1.54) is 0 Å². The summed E-state index contributed by atoms with van der Waals surface area (Å²) in [5, 5.41) is 0. The van der Waals surface area contributed by atoms with Crippen LogP contribution in [0.2, 0.25) is 0 Å². The molecule has 0 heterocycles. The van der Waals surface area contributed by atoms with E-state index < -0.39 is 0 Å². The monoisotopic (exact) mass is 195 g/mol. The zero-order chi connectivity index (χ0) is 2.71. The van der Waals surface area contributed by atoms with Crippen molar-refractivity contribution in [3.63, 3.8) is 0 Å². The van der Waals surface area contributed by atoms with Gasteiger partial charge in [0.1, 0.15) is 0 Å². The second kappa shape index (κ2) is 8.85. The summed E-state index contributed by atoms with van der Waals surface area (Å²) in [6.45, 7) is 5.25. The van der Waals surface area contributed by atoms with E-state index >= 15 is 0 Å². The fraction of sp³-hybridized carbons (Fsp3) is 0.333. The molecule has 0 aromatic heterocycles. The molecule has 0 N–H and O–H groups in total. The molecule has 0 spiro atoms. The van der Waals surface area contributed by atoms with Crippen molar-refractivity contribution in [1.82, 2.24) is 0 Å². The van der Waals surface area contributed by atoms with Gasteiger partial charge in [0, 0.05) is 49.4 Å². The minimum absolute atomic E-state index is 0. The van der Waals surface area contributed by atoms with E-state index in [1.807, 2.05) is 6.92 Å². The Bertz CT molecular complexity index is 10.8. The van der Waals surface area contributed by atoms with Crippen LogP contribution < -0.4 is 0 Å². The molecule has 4 heavy (non-hydrogen) atoms. The zero-order valence-corrected chi connectivity index (χ0v) is 5.09. The average molecular weight is 194 g/mol. The van der Waals surface area contributed by atoms with Crippen molar-refractivity contribution in [3.05, 3.63) is 12.7 Å². The molecule has 1 heteroatoms. The number of allylic oxidation sites excluding steroid dienone is 1. The Kier molecular flexibility index (Phi) is 19.9. The number of rotatable bonds is 0. The molecule has 0 aliphatic rings. The van der Waals surface area contributed by atoms with Gasteiger partial charge >= 0.3 is 0 Å². The zero-order valence-electron chi connectivity index (χ0n) is 2.66. The molecule has 25 valence electrons. The van der Waals surface area contributed by atoms with Crippen LogP contribution in [-0.2, 0) is 0 Å². The molecule has 0 aromatic rings. The quantitative estimate of drug-likeness (QED) is 0.508. The van der Waals surface area contributed by atoms with Crippen molar-refractivity contribution in [2.24, 2.45) is 0 Å². The van der Waals surface area contributed by atoms with Crippen LogP contribution in [0.15, 0.2) is 12.7 Å². The van der Waals surface area contributed by atoms with E-state index in [1.54, 1.807) is 6.08 Å². The summed E-state index contributed by atoms with van der Waals surface area (Å²) < 4.78 is 0. The molecule has 0 atom stereocenters. The van der Waals surface area contributed by atoms with E-state index in [0.29, 0.717) is 0 Å². The topological polar surface area (TPSA) is 0 Å². The van der Waals surface area contributed by atoms with Crippen molar-refractivity contribution < 1.29 is 49.4 Å².